The average molecular weight is 396 g/mol. The van der Waals surface area contributed by atoms with Crippen LogP contribution in [0.4, 0.5) is 5.69 Å². The predicted octanol–water partition coefficient (Wildman–Crippen LogP) is 1.72. The Morgan fingerprint density at radius 3 is 2.11 bits per heavy atom. The van der Waals surface area contributed by atoms with E-state index in [9.17, 15) is 13.2 Å². The average Bonchev–Trinajstić information content (AvgIpc) is 2.38. The van der Waals surface area contributed by atoms with Crippen molar-refractivity contribution in [1.82, 2.24) is 4.31 Å². The van der Waals surface area contributed by atoms with Crippen LogP contribution in [0.1, 0.15) is 6.42 Å². The molecule has 0 unspecified atom stereocenters. The van der Waals surface area contributed by atoms with Gasteiger partial charge in [0, 0.05) is 37.7 Å². The smallest absolute Gasteiger partial charge is 0.242 e. The third-order valence-electron chi connectivity index (χ3n) is 2.69. The lowest BCUT2D eigenvalue weighted by Crippen LogP contribution is -2.26. The molecule has 0 N–H and O–H groups in total. The number of halogens is 1. The number of hydrogen-bond acceptors (Lipinski definition) is 3. The van der Waals surface area contributed by atoms with E-state index in [-0.39, 0.29) is 10.8 Å². The van der Waals surface area contributed by atoms with Crippen LogP contribution in [0.2, 0.25) is 0 Å². The minimum absolute atomic E-state index is 0.0117. The second-order valence-corrected chi connectivity index (χ2v) is 7.40. The molecule has 0 fully saturated rings. The Morgan fingerprint density at radius 1 is 1.16 bits per heavy atom. The zero-order chi connectivity index (χ0) is 14.6. The van der Waals surface area contributed by atoms with Crippen LogP contribution < -0.4 is 4.90 Å². The molecule has 0 heterocycles. The van der Waals surface area contributed by atoms with Gasteiger partial charge in [-0.2, -0.15) is 0 Å². The van der Waals surface area contributed by atoms with Crippen LogP contribution in [0.15, 0.2) is 29.2 Å². The lowest BCUT2D eigenvalue weighted by molar-refractivity contribution is -0.117. The summed E-state index contributed by atoms with van der Waals surface area (Å²) < 4.78 is 25.7. The number of rotatable bonds is 5. The van der Waals surface area contributed by atoms with Crippen molar-refractivity contribution in [2.75, 3.05) is 30.5 Å². The highest BCUT2D eigenvalue weighted by atomic mass is 127. The summed E-state index contributed by atoms with van der Waals surface area (Å²) in [6, 6.07) is 6.31. The maximum atomic E-state index is 11.9. The molecule has 7 heteroatoms. The van der Waals surface area contributed by atoms with Gasteiger partial charge in [0.15, 0.2) is 0 Å². The molecule has 1 aromatic rings. The molecule has 1 rings (SSSR count). The van der Waals surface area contributed by atoms with Gasteiger partial charge in [0.2, 0.25) is 15.9 Å². The van der Waals surface area contributed by atoms with Crippen LogP contribution in [0.3, 0.4) is 0 Å². The van der Waals surface area contributed by atoms with Crippen LogP contribution in [-0.4, -0.2) is 44.2 Å². The fourth-order valence-electron chi connectivity index (χ4n) is 1.45. The first-order chi connectivity index (χ1) is 8.80. The first-order valence-electron chi connectivity index (χ1n) is 5.66. The van der Waals surface area contributed by atoms with Crippen molar-refractivity contribution >= 4 is 44.2 Å². The summed E-state index contributed by atoms with van der Waals surface area (Å²) in [5.74, 6) is 0.0117. The lowest BCUT2D eigenvalue weighted by atomic mass is 10.3. The van der Waals surface area contributed by atoms with E-state index in [4.69, 9.17) is 0 Å². The summed E-state index contributed by atoms with van der Waals surface area (Å²) >= 11 is 2.15. The first-order valence-corrected chi connectivity index (χ1v) is 8.62. The molecule has 0 aromatic heterocycles. The van der Waals surface area contributed by atoms with E-state index in [2.05, 4.69) is 22.6 Å². The fourth-order valence-corrected chi connectivity index (χ4v) is 2.81. The van der Waals surface area contributed by atoms with Gasteiger partial charge in [0.05, 0.1) is 4.90 Å². The van der Waals surface area contributed by atoms with Crippen molar-refractivity contribution in [2.45, 2.75) is 11.3 Å². The molecule has 5 nitrogen and oxygen atoms in total. The van der Waals surface area contributed by atoms with Gasteiger partial charge < -0.3 is 4.90 Å². The molecule has 19 heavy (non-hydrogen) atoms. The van der Waals surface area contributed by atoms with Gasteiger partial charge in [-0.05, 0) is 24.3 Å². The standard InChI is InChI=1S/C12H17IN2O3S/c1-14(2)19(17,18)11-6-4-10(5-7-11)15(3)12(16)8-9-13/h4-7H,8-9H2,1-3H3. The monoisotopic (exact) mass is 396 g/mol. The first kappa shape index (κ1) is 16.4. The molecular formula is C12H17IN2O3S. The van der Waals surface area contributed by atoms with Crippen LogP contribution in [0, 0.1) is 0 Å². The topological polar surface area (TPSA) is 57.7 Å². The highest BCUT2D eigenvalue weighted by Gasteiger charge is 2.17. The molecule has 1 aromatic carbocycles. The maximum Gasteiger partial charge on any atom is 0.242 e. The van der Waals surface area contributed by atoms with Gasteiger partial charge in [-0.15, -0.1) is 0 Å². The molecule has 0 aliphatic heterocycles. The van der Waals surface area contributed by atoms with Gasteiger partial charge in [0.25, 0.3) is 0 Å². The highest BCUT2D eigenvalue weighted by molar-refractivity contribution is 14.1. The van der Waals surface area contributed by atoms with Crippen molar-refractivity contribution in [3.8, 4) is 0 Å². The molecule has 1 amide bonds. The minimum atomic E-state index is -3.42. The molecular weight excluding hydrogens is 379 g/mol. The lowest BCUT2D eigenvalue weighted by Gasteiger charge is -2.18. The Morgan fingerprint density at radius 2 is 1.68 bits per heavy atom. The van der Waals surface area contributed by atoms with Crippen molar-refractivity contribution in [3.05, 3.63) is 24.3 Å². The summed E-state index contributed by atoms with van der Waals surface area (Å²) in [6.45, 7) is 0. The van der Waals surface area contributed by atoms with Gasteiger partial charge in [-0.1, -0.05) is 22.6 Å². The predicted molar refractivity (Wildman–Crippen MR) is 84.2 cm³/mol. The number of carbonyl (C=O) groups is 1. The van der Waals surface area contributed by atoms with Gasteiger partial charge in [0.1, 0.15) is 0 Å². The molecule has 0 spiro atoms. The summed E-state index contributed by atoms with van der Waals surface area (Å²) in [5.41, 5.74) is 0.688. The normalized spacial score (nSPS) is 11.6. The van der Waals surface area contributed by atoms with E-state index in [0.29, 0.717) is 12.1 Å². The van der Waals surface area contributed by atoms with Crippen LogP contribution >= 0.6 is 22.6 Å². The van der Waals surface area contributed by atoms with Crippen LogP contribution in [0.25, 0.3) is 0 Å². The number of carbonyl (C=O) groups excluding carboxylic acids is 1. The van der Waals surface area contributed by atoms with Crippen LogP contribution in [0.5, 0.6) is 0 Å². The zero-order valence-electron chi connectivity index (χ0n) is 11.1. The molecule has 0 atom stereocenters. The van der Waals surface area contributed by atoms with E-state index < -0.39 is 10.0 Å². The number of anilines is 1. The molecule has 0 radical (unpaired) electrons. The molecule has 0 aliphatic carbocycles. The van der Waals surface area contributed by atoms with Gasteiger partial charge in [-0.25, -0.2) is 12.7 Å². The summed E-state index contributed by atoms with van der Waals surface area (Å²) in [5, 5.41) is 0. The maximum absolute atomic E-state index is 11.9. The number of nitrogens with zero attached hydrogens (tertiary/aromatic N) is 2. The van der Waals surface area contributed by atoms with E-state index in [1.165, 1.54) is 31.1 Å². The zero-order valence-corrected chi connectivity index (χ0v) is 14.1. The molecule has 0 aliphatic rings. The number of hydrogen-bond donors (Lipinski definition) is 0. The van der Waals surface area contributed by atoms with Crippen molar-refractivity contribution < 1.29 is 13.2 Å². The number of alkyl halides is 1. The van der Waals surface area contributed by atoms with E-state index in [1.807, 2.05) is 0 Å². The number of amides is 1. The quantitative estimate of drug-likeness (QED) is 0.563. The molecule has 0 bridgehead atoms. The Labute approximate surface area is 127 Å². The van der Waals surface area contributed by atoms with E-state index in [0.717, 1.165) is 8.73 Å². The van der Waals surface area contributed by atoms with E-state index in [1.54, 1.807) is 19.2 Å². The minimum Gasteiger partial charge on any atom is -0.315 e. The Bertz CT molecular complexity index is 541. The Balaban J connectivity index is 2.97. The van der Waals surface area contributed by atoms with Crippen LogP contribution in [-0.2, 0) is 14.8 Å². The number of benzene rings is 1. The summed E-state index contributed by atoms with van der Waals surface area (Å²) in [7, 11) is 1.23. The second kappa shape index (κ2) is 6.67. The molecule has 0 saturated carbocycles. The largest absolute Gasteiger partial charge is 0.315 e. The van der Waals surface area contributed by atoms with Gasteiger partial charge >= 0.3 is 0 Å². The van der Waals surface area contributed by atoms with Gasteiger partial charge in [-0.3, -0.25) is 4.79 Å². The van der Waals surface area contributed by atoms with Crippen molar-refractivity contribution in [1.29, 1.82) is 0 Å². The SMILES string of the molecule is CN(C(=O)CCI)c1ccc(S(=O)(=O)N(C)C)cc1. The number of sulfonamides is 1. The van der Waals surface area contributed by atoms with E-state index >= 15 is 0 Å². The summed E-state index contributed by atoms with van der Waals surface area (Å²) in [6.07, 6.45) is 0.467. The molecule has 0 saturated heterocycles. The third-order valence-corrected chi connectivity index (χ3v) is 5.05. The third kappa shape index (κ3) is 3.90. The van der Waals surface area contributed by atoms with Crippen molar-refractivity contribution in [2.24, 2.45) is 0 Å². The van der Waals surface area contributed by atoms with Crippen molar-refractivity contribution in [3.63, 3.8) is 0 Å². The molecule has 106 valence electrons. The second-order valence-electron chi connectivity index (χ2n) is 4.17. The summed E-state index contributed by atoms with van der Waals surface area (Å²) in [4.78, 5) is 13.5. The Kier molecular flexibility index (Phi) is 5.75. The Hall–Kier alpha value is -0.670. The fraction of sp³-hybridized carbons (Fsp3) is 0.417. The highest BCUT2D eigenvalue weighted by Crippen LogP contribution is 2.19.